The van der Waals surface area contributed by atoms with Gasteiger partial charge >= 0.3 is 0 Å². The van der Waals surface area contributed by atoms with Gasteiger partial charge in [0.15, 0.2) is 0 Å². The maximum absolute atomic E-state index is 13.2. The molecule has 2 N–H and O–H groups in total. The first-order valence-electron chi connectivity index (χ1n) is 9.87. The summed E-state index contributed by atoms with van der Waals surface area (Å²) >= 11 is 9.47. The standard InChI is InChI=1S/C25H23BrClN3O2/c1-16-8-11-18(27)15-22(16)28-25(32)23(14-17-9-12-19(13-10-17)30(2)3)29-24(31)20-6-4-5-7-21(20)26/h4-15H,1-3H3,(H,28,32)(H,29,31)/b23-14+. The van der Waals surface area contributed by atoms with Crippen molar-refractivity contribution in [3.63, 3.8) is 0 Å². The number of hydrogen-bond donors (Lipinski definition) is 2. The van der Waals surface area contributed by atoms with E-state index in [1.54, 1.807) is 36.4 Å². The third-order valence-corrected chi connectivity index (χ3v) is 5.71. The summed E-state index contributed by atoms with van der Waals surface area (Å²) in [6.07, 6.45) is 1.64. The number of halogens is 2. The largest absolute Gasteiger partial charge is 0.378 e. The molecule has 3 aromatic rings. The third-order valence-electron chi connectivity index (χ3n) is 4.78. The molecule has 5 nitrogen and oxygen atoms in total. The smallest absolute Gasteiger partial charge is 0.272 e. The van der Waals surface area contributed by atoms with Gasteiger partial charge in [0.05, 0.1) is 5.56 Å². The normalized spacial score (nSPS) is 11.1. The number of aryl methyl sites for hydroxylation is 1. The first-order chi connectivity index (χ1) is 15.2. The van der Waals surface area contributed by atoms with Gasteiger partial charge in [-0.2, -0.15) is 0 Å². The monoisotopic (exact) mass is 511 g/mol. The van der Waals surface area contributed by atoms with Crippen LogP contribution in [0, 0.1) is 6.92 Å². The van der Waals surface area contributed by atoms with Gasteiger partial charge in [-0.15, -0.1) is 0 Å². The molecule has 0 radical (unpaired) electrons. The summed E-state index contributed by atoms with van der Waals surface area (Å²) < 4.78 is 0.637. The Kier molecular flexibility index (Phi) is 7.72. The lowest BCUT2D eigenvalue weighted by atomic mass is 10.1. The van der Waals surface area contributed by atoms with Crippen LogP contribution in [0.3, 0.4) is 0 Å². The minimum absolute atomic E-state index is 0.114. The fraction of sp³-hybridized carbons (Fsp3) is 0.120. The summed E-state index contributed by atoms with van der Waals surface area (Å²) in [5, 5.41) is 6.10. The van der Waals surface area contributed by atoms with Gasteiger partial charge in [0, 0.05) is 35.0 Å². The fourth-order valence-electron chi connectivity index (χ4n) is 2.95. The molecule has 0 aliphatic heterocycles. The third kappa shape index (κ3) is 5.99. The van der Waals surface area contributed by atoms with Crippen molar-refractivity contribution in [2.45, 2.75) is 6.92 Å². The predicted octanol–water partition coefficient (Wildman–Crippen LogP) is 5.89. The second-order valence-corrected chi connectivity index (χ2v) is 8.68. The van der Waals surface area contributed by atoms with Crippen molar-refractivity contribution in [3.05, 3.63) is 98.6 Å². The molecule has 7 heteroatoms. The van der Waals surface area contributed by atoms with Gasteiger partial charge in [-0.3, -0.25) is 9.59 Å². The van der Waals surface area contributed by atoms with Crippen molar-refractivity contribution in [1.29, 1.82) is 0 Å². The molecule has 0 aliphatic rings. The number of nitrogens with one attached hydrogen (secondary N) is 2. The summed E-state index contributed by atoms with van der Waals surface area (Å²) in [5.41, 5.74) is 3.77. The van der Waals surface area contributed by atoms with Crippen molar-refractivity contribution in [2.75, 3.05) is 24.3 Å². The van der Waals surface area contributed by atoms with E-state index in [-0.39, 0.29) is 5.70 Å². The molecular weight excluding hydrogens is 490 g/mol. The van der Waals surface area contributed by atoms with Crippen LogP contribution in [-0.4, -0.2) is 25.9 Å². The van der Waals surface area contributed by atoms with E-state index in [9.17, 15) is 9.59 Å². The van der Waals surface area contributed by atoms with Gasteiger partial charge in [0.1, 0.15) is 5.70 Å². The Bertz CT molecular complexity index is 1170. The van der Waals surface area contributed by atoms with E-state index in [1.165, 1.54) is 0 Å². The molecular formula is C25H23BrClN3O2. The molecule has 0 saturated heterocycles. The van der Waals surface area contributed by atoms with Gasteiger partial charge in [-0.25, -0.2) is 0 Å². The predicted molar refractivity (Wildman–Crippen MR) is 135 cm³/mol. The average molecular weight is 513 g/mol. The summed E-state index contributed by atoms with van der Waals surface area (Å²) in [4.78, 5) is 28.0. The number of anilines is 2. The van der Waals surface area contributed by atoms with Crippen LogP contribution in [0.25, 0.3) is 6.08 Å². The lowest BCUT2D eigenvalue weighted by molar-refractivity contribution is -0.113. The number of benzene rings is 3. The zero-order chi connectivity index (χ0) is 23.3. The van der Waals surface area contributed by atoms with Crippen molar-refractivity contribution in [2.24, 2.45) is 0 Å². The van der Waals surface area contributed by atoms with Crippen LogP contribution in [0.5, 0.6) is 0 Å². The number of rotatable bonds is 6. The molecule has 0 atom stereocenters. The Hall–Kier alpha value is -3.09. The van der Waals surface area contributed by atoms with E-state index in [0.717, 1.165) is 16.8 Å². The number of nitrogens with zero attached hydrogens (tertiary/aromatic N) is 1. The van der Waals surface area contributed by atoms with E-state index >= 15 is 0 Å². The number of amides is 2. The zero-order valence-electron chi connectivity index (χ0n) is 17.9. The molecule has 0 bridgehead atoms. The topological polar surface area (TPSA) is 61.4 Å². The van der Waals surface area contributed by atoms with Crippen molar-refractivity contribution in [3.8, 4) is 0 Å². The van der Waals surface area contributed by atoms with Crippen LogP contribution in [0.1, 0.15) is 21.5 Å². The number of carbonyl (C=O) groups is 2. The van der Waals surface area contributed by atoms with Crippen LogP contribution in [0.4, 0.5) is 11.4 Å². The Labute approximate surface area is 201 Å². The quantitative estimate of drug-likeness (QED) is 0.405. The maximum Gasteiger partial charge on any atom is 0.272 e. The highest BCUT2D eigenvalue weighted by Crippen LogP contribution is 2.22. The van der Waals surface area contributed by atoms with Gasteiger partial charge in [-0.05, 0) is 76.5 Å². The molecule has 0 fully saturated rings. The fourth-order valence-corrected chi connectivity index (χ4v) is 3.58. The Morgan fingerprint density at radius 3 is 2.34 bits per heavy atom. The average Bonchev–Trinajstić information content (AvgIpc) is 2.76. The second-order valence-electron chi connectivity index (χ2n) is 7.39. The minimum Gasteiger partial charge on any atom is -0.378 e. The second kappa shape index (κ2) is 10.5. The van der Waals surface area contributed by atoms with E-state index in [4.69, 9.17) is 11.6 Å². The van der Waals surface area contributed by atoms with E-state index < -0.39 is 11.8 Å². The first kappa shape index (κ1) is 23.6. The Morgan fingerprint density at radius 2 is 1.69 bits per heavy atom. The first-order valence-corrected chi connectivity index (χ1v) is 11.0. The molecule has 3 rings (SSSR count). The SMILES string of the molecule is Cc1ccc(Cl)cc1NC(=O)/C(=C\c1ccc(N(C)C)cc1)NC(=O)c1ccccc1Br. The molecule has 32 heavy (non-hydrogen) atoms. The van der Waals surface area contributed by atoms with Gasteiger partial charge in [0.25, 0.3) is 11.8 Å². The van der Waals surface area contributed by atoms with E-state index in [0.29, 0.717) is 20.7 Å². The Morgan fingerprint density at radius 1 is 1.00 bits per heavy atom. The summed E-state index contributed by atoms with van der Waals surface area (Å²) in [6, 6.07) is 19.9. The molecule has 3 aromatic carbocycles. The van der Waals surface area contributed by atoms with Gasteiger partial charge in [-0.1, -0.05) is 41.9 Å². The molecule has 164 valence electrons. The van der Waals surface area contributed by atoms with Gasteiger partial charge in [0.2, 0.25) is 0 Å². The number of carbonyl (C=O) groups excluding carboxylic acids is 2. The van der Waals surface area contributed by atoms with Crippen molar-refractivity contribution in [1.82, 2.24) is 5.32 Å². The van der Waals surface area contributed by atoms with E-state index in [2.05, 4.69) is 26.6 Å². The highest BCUT2D eigenvalue weighted by Gasteiger charge is 2.17. The molecule has 0 aliphatic carbocycles. The lowest BCUT2D eigenvalue weighted by Gasteiger charge is -2.14. The van der Waals surface area contributed by atoms with Crippen LogP contribution in [0.15, 0.2) is 76.9 Å². The maximum atomic E-state index is 13.2. The highest BCUT2D eigenvalue weighted by molar-refractivity contribution is 9.10. The van der Waals surface area contributed by atoms with Crippen molar-refractivity contribution >= 4 is 56.8 Å². The Balaban J connectivity index is 1.94. The molecule has 0 unspecified atom stereocenters. The van der Waals surface area contributed by atoms with Crippen LogP contribution >= 0.6 is 27.5 Å². The lowest BCUT2D eigenvalue weighted by Crippen LogP contribution is -2.31. The van der Waals surface area contributed by atoms with Crippen molar-refractivity contribution < 1.29 is 9.59 Å². The highest BCUT2D eigenvalue weighted by atomic mass is 79.9. The van der Waals surface area contributed by atoms with E-state index in [1.807, 2.05) is 62.3 Å². The van der Waals surface area contributed by atoms with Crippen LogP contribution in [0.2, 0.25) is 5.02 Å². The summed E-state index contributed by atoms with van der Waals surface area (Å²) in [5.74, 6) is -0.848. The minimum atomic E-state index is -0.451. The summed E-state index contributed by atoms with van der Waals surface area (Å²) in [7, 11) is 3.91. The molecule has 0 heterocycles. The molecule has 0 spiro atoms. The zero-order valence-corrected chi connectivity index (χ0v) is 20.3. The molecule has 0 aromatic heterocycles. The molecule has 2 amide bonds. The van der Waals surface area contributed by atoms with Gasteiger partial charge < -0.3 is 15.5 Å². The van der Waals surface area contributed by atoms with Crippen LogP contribution < -0.4 is 15.5 Å². The van der Waals surface area contributed by atoms with Crippen LogP contribution in [-0.2, 0) is 4.79 Å². The number of hydrogen-bond acceptors (Lipinski definition) is 3. The summed E-state index contributed by atoms with van der Waals surface area (Å²) in [6.45, 7) is 1.87. The molecule has 0 saturated carbocycles.